The number of aliphatic hydroxyl groups excluding tert-OH is 2. The third kappa shape index (κ3) is 2.94. The van der Waals surface area contributed by atoms with E-state index in [-0.39, 0.29) is 41.6 Å². The summed E-state index contributed by atoms with van der Waals surface area (Å²) in [4.78, 5) is 52.5. The zero-order valence-electron chi connectivity index (χ0n) is 18.5. The highest BCUT2D eigenvalue weighted by molar-refractivity contribution is 6.25. The molecule has 0 radical (unpaired) electrons. The number of rotatable bonds is 4. The number of hydrogen-bond acceptors (Lipinski definition) is 10. The molecule has 0 saturated heterocycles. The second kappa shape index (κ2) is 7.76. The van der Waals surface area contributed by atoms with Crippen molar-refractivity contribution < 1.29 is 39.6 Å². The number of likely N-dealkylation sites (N-methyl/N-ethyl adjacent to an activating group) is 1. The summed E-state index contributed by atoms with van der Waals surface area (Å²) in [5.41, 5.74) is 7.12. The molecule has 34 heavy (non-hydrogen) atoms. The fraction of sp³-hybridized carbons (Fsp3) is 0.391. The molecule has 11 heteroatoms. The van der Waals surface area contributed by atoms with Crippen molar-refractivity contribution >= 4 is 23.3 Å². The minimum atomic E-state index is -2.70. The minimum absolute atomic E-state index is 0.0318. The number of primary amides is 1. The number of phenols is 1. The van der Waals surface area contributed by atoms with Gasteiger partial charge in [-0.2, -0.15) is 0 Å². The van der Waals surface area contributed by atoms with Gasteiger partial charge in [-0.1, -0.05) is 0 Å². The number of aromatic hydroxyl groups is 1. The van der Waals surface area contributed by atoms with Gasteiger partial charge < -0.3 is 31.9 Å². The molecule has 1 amide bonds. The summed E-state index contributed by atoms with van der Waals surface area (Å²) in [6, 6.07) is 1.45. The van der Waals surface area contributed by atoms with Crippen LogP contribution in [0.4, 0.5) is 0 Å². The number of fused-ring (bicyclic) bond motifs is 3. The Morgan fingerprint density at radius 1 is 1.18 bits per heavy atom. The number of phenolic OH excluding ortho intramolecular Hbond substituents is 1. The van der Waals surface area contributed by atoms with Gasteiger partial charge in [-0.05, 0) is 50.6 Å². The number of ketones is 3. The van der Waals surface area contributed by atoms with Crippen molar-refractivity contribution in [3.63, 3.8) is 0 Å². The van der Waals surface area contributed by atoms with E-state index in [0.717, 1.165) is 6.07 Å². The molecule has 8 N–H and O–H groups in total. The highest BCUT2D eigenvalue weighted by atomic mass is 16.3. The zero-order valence-corrected chi connectivity index (χ0v) is 18.5. The van der Waals surface area contributed by atoms with Crippen LogP contribution in [0.5, 0.6) is 5.75 Å². The Bertz CT molecular complexity index is 1230. The standard InChI is InChI=1S/C23H25N3O8/c1-26(2)17-11-6-8-5-10-9(13(28)7-24)3-4-12(27)15(10)18(29)14(8)20(31)23(11,34)21(32)16(19(17)30)22(25)33/h3-4,8,11,17,27,30-31,34H,5-7,24H2,1-2H3,(H2,25,33)/t8?,11?,17?,23-/m0/s1. The van der Waals surface area contributed by atoms with E-state index in [4.69, 9.17) is 11.5 Å². The van der Waals surface area contributed by atoms with Gasteiger partial charge in [0.2, 0.25) is 5.78 Å². The fourth-order valence-electron chi connectivity index (χ4n) is 5.62. The molecule has 3 aliphatic carbocycles. The number of hydrogen-bond donors (Lipinski definition) is 6. The molecule has 1 aromatic carbocycles. The fourth-order valence-corrected chi connectivity index (χ4v) is 5.62. The number of nitrogens with two attached hydrogens (primary N) is 2. The van der Waals surface area contributed by atoms with Crippen molar-refractivity contribution in [3.8, 4) is 5.75 Å². The maximum Gasteiger partial charge on any atom is 0.255 e. The van der Waals surface area contributed by atoms with E-state index < -0.39 is 69.6 Å². The van der Waals surface area contributed by atoms with Crippen LogP contribution in [0.25, 0.3) is 0 Å². The highest BCUT2D eigenvalue weighted by Gasteiger charge is 2.63. The van der Waals surface area contributed by atoms with Crippen molar-refractivity contribution in [2.45, 2.75) is 24.5 Å². The van der Waals surface area contributed by atoms with Gasteiger partial charge in [0.1, 0.15) is 22.8 Å². The van der Waals surface area contributed by atoms with Crippen LogP contribution >= 0.6 is 0 Å². The van der Waals surface area contributed by atoms with Crippen LogP contribution in [-0.4, -0.2) is 80.9 Å². The zero-order chi connectivity index (χ0) is 25.3. The number of carbonyl (C=O) groups is 4. The van der Waals surface area contributed by atoms with E-state index in [1.54, 1.807) is 14.1 Å². The van der Waals surface area contributed by atoms with Crippen molar-refractivity contribution in [2.75, 3.05) is 20.6 Å². The van der Waals surface area contributed by atoms with Crippen LogP contribution in [0.2, 0.25) is 0 Å². The predicted molar refractivity (Wildman–Crippen MR) is 117 cm³/mol. The molecule has 0 heterocycles. The SMILES string of the molecule is CN(C)C1C(O)=C(C(N)=O)C(=O)[C@@]2(O)C(O)=C3C(=O)c4c(O)ccc(C(=O)CN)c4CC3CC12. The Morgan fingerprint density at radius 2 is 1.82 bits per heavy atom. The largest absolute Gasteiger partial charge is 0.510 e. The van der Waals surface area contributed by atoms with Crippen molar-refractivity contribution in [2.24, 2.45) is 23.3 Å². The first-order chi connectivity index (χ1) is 15.9. The van der Waals surface area contributed by atoms with Crippen LogP contribution < -0.4 is 11.5 Å². The van der Waals surface area contributed by atoms with E-state index in [9.17, 15) is 39.6 Å². The molecule has 1 aromatic rings. The Balaban J connectivity index is 1.97. The topological polar surface area (TPSA) is 204 Å². The normalized spacial score (nSPS) is 28.6. The lowest BCUT2D eigenvalue weighted by Gasteiger charge is -2.50. The van der Waals surface area contributed by atoms with Gasteiger partial charge in [0.05, 0.1) is 18.2 Å². The molecule has 4 rings (SSSR count). The van der Waals surface area contributed by atoms with Gasteiger partial charge in [0, 0.05) is 17.1 Å². The monoisotopic (exact) mass is 471 g/mol. The smallest absolute Gasteiger partial charge is 0.255 e. The van der Waals surface area contributed by atoms with Crippen LogP contribution in [0.15, 0.2) is 34.8 Å². The second-order valence-corrected chi connectivity index (χ2v) is 9.08. The molecule has 0 saturated carbocycles. The van der Waals surface area contributed by atoms with Crippen LogP contribution in [-0.2, 0) is 16.0 Å². The number of Topliss-reactive ketones (excluding diaryl/α,β-unsaturated/α-hetero) is 3. The van der Waals surface area contributed by atoms with Gasteiger partial charge in [0.25, 0.3) is 5.91 Å². The van der Waals surface area contributed by atoms with Gasteiger partial charge in [-0.25, -0.2) is 0 Å². The Labute approximate surface area is 194 Å². The first-order valence-electron chi connectivity index (χ1n) is 10.6. The van der Waals surface area contributed by atoms with Gasteiger partial charge in [-0.3, -0.25) is 24.1 Å². The summed E-state index contributed by atoms with van der Waals surface area (Å²) >= 11 is 0. The van der Waals surface area contributed by atoms with Crippen LogP contribution in [0, 0.1) is 11.8 Å². The number of amides is 1. The summed E-state index contributed by atoms with van der Waals surface area (Å²) in [5.74, 6) is -7.81. The van der Waals surface area contributed by atoms with Crippen molar-refractivity contribution in [1.82, 2.24) is 4.90 Å². The molecule has 0 bridgehead atoms. The molecule has 3 unspecified atom stereocenters. The lowest BCUT2D eigenvalue weighted by atomic mass is 9.58. The van der Waals surface area contributed by atoms with E-state index in [1.807, 2.05) is 0 Å². The Hall–Kier alpha value is -3.54. The maximum absolute atomic E-state index is 13.5. The quantitative estimate of drug-likeness (QED) is 0.240. The summed E-state index contributed by atoms with van der Waals surface area (Å²) in [6.45, 7) is -0.321. The molecule has 0 aliphatic heterocycles. The number of aliphatic hydroxyl groups is 3. The first kappa shape index (κ1) is 23.6. The summed E-state index contributed by atoms with van der Waals surface area (Å²) in [6.07, 6.45) is -0.0261. The first-order valence-corrected chi connectivity index (χ1v) is 10.6. The lowest BCUT2D eigenvalue weighted by molar-refractivity contribution is -0.148. The third-order valence-corrected chi connectivity index (χ3v) is 7.09. The molecule has 4 atom stereocenters. The predicted octanol–water partition coefficient (Wildman–Crippen LogP) is -0.738. The van der Waals surface area contributed by atoms with E-state index >= 15 is 0 Å². The number of nitrogens with zero attached hydrogens (tertiary/aromatic N) is 1. The molecule has 0 aromatic heterocycles. The molecule has 3 aliphatic rings. The van der Waals surface area contributed by atoms with Crippen LogP contribution in [0.1, 0.15) is 32.7 Å². The average Bonchev–Trinajstić information content (AvgIpc) is 2.75. The summed E-state index contributed by atoms with van der Waals surface area (Å²) in [5, 5.41) is 43.8. The molecule has 0 fully saturated rings. The molecule has 180 valence electrons. The van der Waals surface area contributed by atoms with Crippen molar-refractivity contribution in [1.29, 1.82) is 0 Å². The van der Waals surface area contributed by atoms with Crippen molar-refractivity contribution in [3.05, 3.63) is 51.5 Å². The van der Waals surface area contributed by atoms with Crippen LogP contribution in [0.3, 0.4) is 0 Å². The van der Waals surface area contributed by atoms with E-state index in [0.29, 0.717) is 0 Å². The van der Waals surface area contributed by atoms with E-state index in [2.05, 4.69) is 0 Å². The van der Waals surface area contributed by atoms with Gasteiger partial charge >= 0.3 is 0 Å². The second-order valence-electron chi connectivity index (χ2n) is 9.08. The minimum Gasteiger partial charge on any atom is -0.510 e. The number of benzene rings is 1. The van der Waals surface area contributed by atoms with Gasteiger partial charge in [-0.15, -0.1) is 0 Å². The van der Waals surface area contributed by atoms with E-state index in [1.165, 1.54) is 11.0 Å². The lowest BCUT2D eigenvalue weighted by Crippen LogP contribution is -2.63. The number of allylic oxidation sites excluding steroid dienone is 1. The number of carbonyl (C=O) groups excluding carboxylic acids is 4. The summed E-state index contributed by atoms with van der Waals surface area (Å²) < 4.78 is 0. The average molecular weight is 471 g/mol. The maximum atomic E-state index is 13.5. The Morgan fingerprint density at radius 3 is 2.38 bits per heavy atom. The molecule has 11 nitrogen and oxygen atoms in total. The molecular weight excluding hydrogens is 446 g/mol. The molecular formula is C23H25N3O8. The Kier molecular flexibility index (Phi) is 5.39. The van der Waals surface area contributed by atoms with Gasteiger partial charge in [0.15, 0.2) is 17.2 Å². The molecule has 0 spiro atoms. The third-order valence-electron chi connectivity index (χ3n) is 7.09. The highest BCUT2D eigenvalue weighted by Crippen LogP contribution is 2.52. The summed E-state index contributed by atoms with van der Waals surface area (Å²) in [7, 11) is 3.09.